The third-order valence-electron chi connectivity index (χ3n) is 4.42. The molecule has 2 aromatic heterocycles. The van der Waals surface area contributed by atoms with Crippen LogP contribution in [0.15, 0.2) is 53.9 Å². The van der Waals surface area contributed by atoms with Gasteiger partial charge >= 0.3 is 0 Å². The number of halogens is 1. The van der Waals surface area contributed by atoms with Crippen molar-refractivity contribution in [2.24, 2.45) is 4.99 Å². The summed E-state index contributed by atoms with van der Waals surface area (Å²) in [6.07, 6.45) is 5.35. The highest BCUT2D eigenvalue weighted by molar-refractivity contribution is 14.0. The van der Waals surface area contributed by atoms with Crippen LogP contribution >= 0.6 is 24.0 Å². The monoisotopic (exact) mass is 538 g/mol. The van der Waals surface area contributed by atoms with Gasteiger partial charge in [-0.3, -0.25) is 4.99 Å². The number of methoxy groups -OCH3 is 3. The molecule has 3 aromatic rings. The number of aromatic nitrogens is 3. The Hall–Kier alpha value is -3.02. The third-order valence-corrected chi connectivity index (χ3v) is 4.42. The van der Waals surface area contributed by atoms with Gasteiger partial charge in [-0.05, 0) is 41.5 Å². The summed E-state index contributed by atoms with van der Waals surface area (Å²) < 4.78 is 17.9. The molecular weight excluding hydrogens is 511 g/mol. The summed E-state index contributed by atoms with van der Waals surface area (Å²) in [5, 5.41) is 10.8. The van der Waals surface area contributed by atoms with Crippen molar-refractivity contribution >= 4 is 29.9 Å². The molecule has 0 saturated carbocycles. The topological polar surface area (TPSA) is 94.8 Å². The first-order valence-electron chi connectivity index (χ1n) is 9.36. The lowest BCUT2D eigenvalue weighted by Gasteiger charge is -2.16. The van der Waals surface area contributed by atoms with Gasteiger partial charge in [-0.15, -0.1) is 24.0 Å². The van der Waals surface area contributed by atoms with Crippen LogP contribution in [0.1, 0.15) is 11.1 Å². The van der Waals surface area contributed by atoms with E-state index in [1.165, 1.54) is 0 Å². The molecule has 0 aliphatic heterocycles. The molecule has 0 aliphatic rings. The molecular formula is C21H27IN6O3. The van der Waals surface area contributed by atoms with E-state index in [0.29, 0.717) is 36.3 Å². The first kappa shape index (κ1) is 24.3. The zero-order chi connectivity index (χ0) is 21.3. The van der Waals surface area contributed by atoms with Gasteiger partial charge in [-0.1, -0.05) is 0 Å². The third kappa shape index (κ3) is 6.23. The normalized spacial score (nSPS) is 10.8. The Labute approximate surface area is 198 Å². The van der Waals surface area contributed by atoms with Crippen LogP contribution in [0.5, 0.6) is 17.2 Å². The minimum absolute atomic E-state index is 0. The van der Waals surface area contributed by atoms with Crippen LogP contribution in [-0.2, 0) is 13.1 Å². The lowest BCUT2D eigenvalue weighted by molar-refractivity contribution is 0.323. The second-order valence-electron chi connectivity index (χ2n) is 6.29. The molecule has 10 heteroatoms. The molecule has 0 saturated heterocycles. The van der Waals surface area contributed by atoms with Crippen molar-refractivity contribution in [3.8, 4) is 23.1 Å². The molecule has 9 nitrogen and oxygen atoms in total. The zero-order valence-electron chi connectivity index (χ0n) is 18.0. The maximum atomic E-state index is 5.41. The first-order chi connectivity index (χ1) is 14.7. The smallest absolute Gasteiger partial charge is 0.203 e. The van der Waals surface area contributed by atoms with E-state index in [2.05, 4.69) is 25.7 Å². The number of hydrogen-bond acceptors (Lipinski definition) is 6. The van der Waals surface area contributed by atoms with Crippen molar-refractivity contribution in [3.05, 3.63) is 60.0 Å². The van der Waals surface area contributed by atoms with E-state index >= 15 is 0 Å². The van der Waals surface area contributed by atoms with Crippen molar-refractivity contribution in [2.45, 2.75) is 13.1 Å². The van der Waals surface area contributed by atoms with Gasteiger partial charge in [0, 0.05) is 38.7 Å². The van der Waals surface area contributed by atoms with E-state index in [4.69, 9.17) is 14.2 Å². The Balaban J connectivity index is 0.00000341. The number of aliphatic imine (C=N–C) groups is 1. The number of ether oxygens (including phenoxy) is 3. The second-order valence-corrected chi connectivity index (χ2v) is 6.29. The number of pyridine rings is 1. The van der Waals surface area contributed by atoms with Gasteiger partial charge < -0.3 is 24.8 Å². The SMILES string of the molecule is CN=C(NCc1ccnc(-n2cccn2)c1)NCc1cc(OC)c(OC)c(OC)c1.I. The highest BCUT2D eigenvalue weighted by Gasteiger charge is 2.13. The van der Waals surface area contributed by atoms with E-state index in [9.17, 15) is 0 Å². The predicted molar refractivity (Wildman–Crippen MR) is 130 cm³/mol. The maximum Gasteiger partial charge on any atom is 0.203 e. The van der Waals surface area contributed by atoms with Crippen LogP contribution in [0, 0.1) is 0 Å². The molecule has 2 heterocycles. The number of guanidine groups is 1. The van der Waals surface area contributed by atoms with Crippen molar-refractivity contribution in [1.29, 1.82) is 0 Å². The molecule has 0 spiro atoms. The van der Waals surface area contributed by atoms with Crippen LogP contribution in [0.4, 0.5) is 0 Å². The van der Waals surface area contributed by atoms with Crippen LogP contribution in [-0.4, -0.2) is 49.1 Å². The average molecular weight is 538 g/mol. The molecule has 3 rings (SSSR count). The number of hydrogen-bond donors (Lipinski definition) is 2. The van der Waals surface area contributed by atoms with E-state index in [0.717, 1.165) is 16.9 Å². The maximum absolute atomic E-state index is 5.41. The van der Waals surface area contributed by atoms with E-state index in [1.54, 1.807) is 45.5 Å². The van der Waals surface area contributed by atoms with Gasteiger partial charge in [0.05, 0.1) is 21.3 Å². The standard InChI is InChI=1S/C21H26N6O3.HI/c1-22-21(24-13-15-6-8-23-19(12-15)27-9-5-7-26-27)25-14-16-10-17(28-2)20(30-4)18(11-16)29-3;/h5-12H,13-14H2,1-4H3,(H2,22,24,25);1H. The zero-order valence-corrected chi connectivity index (χ0v) is 20.3. The summed E-state index contributed by atoms with van der Waals surface area (Å²) in [4.78, 5) is 8.63. The quantitative estimate of drug-likeness (QED) is 0.259. The van der Waals surface area contributed by atoms with Crippen molar-refractivity contribution in [1.82, 2.24) is 25.4 Å². The Bertz CT molecular complexity index is 970. The van der Waals surface area contributed by atoms with Gasteiger partial charge in [0.25, 0.3) is 0 Å². The Morgan fingerprint density at radius 1 is 0.968 bits per heavy atom. The second kappa shape index (κ2) is 12.0. The molecule has 166 valence electrons. The van der Waals surface area contributed by atoms with Gasteiger partial charge in [0.1, 0.15) is 0 Å². The Kier molecular flexibility index (Phi) is 9.38. The molecule has 0 radical (unpaired) electrons. The molecule has 2 N–H and O–H groups in total. The van der Waals surface area contributed by atoms with Crippen LogP contribution < -0.4 is 24.8 Å². The number of nitrogens with one attached hydrogen (secondary N) is 2. The summed E-state index contributed by atoms with van der Waals surface area (Å²) >= 11 is 0. The highest BCUT2D eigenvalue weighted by atomic mass is 127. The molecule has 0 fully saturated rings. The van der Waals surface area contributed by atoms with Crippen molar-refractivity contribution < 1.29 is 14.2 Å². The Morgan fingerprint density at radius 2 is 1.65 bits per heavy atom. The van der Waals surface area contributed by atoms with Crippen LogP contribution in [0.3, 0.4) is 0 Å². The summed E-state index contributed by atoms with van der Waals surface area (Å²) in [7, 11) is 6.51. The van der Waals surface area contributed by atoms with Crippen LogP contribution in [0.2, 0.25) is 0 Å². The molecule has 0 bridgehead atoms. The van der Waals surface area contributed by atoms with Crippen molar-refractivity contribution in [3.63, 3.8) is 0 Å². The van der Waals surface area contributed by atoms with E-state index in [1.807, 2.05) is 36.5 Å². The summed E-state index contributed by atoms with van der Waals surface area (Å²) in [5.41, 5.74) is 2.03. The molecule has 31 heavy (non-hydrogen) atoms. The van der Waals surface area contributed by atoms with E-state index < -0.39 is 0 Å². The molecule has 0 unspecified atom stereocenters. The fourth-order valence-electron chi connectivity index (χ4n) is 2.93. The molecule has 0 amide bonds. The lowest BCUT2D eigenvalue weighted by Crippen LogP contribution is -2.36. The fraction of sp³-hybridized carbons (Fsp3) is 0.286. The fourth-order valence-corrected chi connectivity index (χ4v) is 2.93. The molecule has 0 atom stereocenters. The summed E-state index contributed by atoms with van der Waals surface area (Å²) in [6, 6.07) is 9.60. The molecule has 0 aliphatic carbocycles. The minimum atomic E-state index is 0. The molecule has 1 aromatic carbocycles. The Morgan fingerprint density at radius 3 is 2.19 bits per heavy atom. The van der Waals surface area contributed by atoms with Crippen molar-refractivity contribution in [2.75, 3.05) is 28.4 Å². The van der Waals surface area contributed by atoms with Gasteiger partial charge in [-0.25, -0.2) is 9.67 Å². The van der Waals surface area contributed by atoms with Gasteiger partial charge in [-0.2, -0.15) is 5.10 Å². The van der Waals surface area contributed by atoms with Gasteiger partial charge in [0.2, 0.25) is 5.75 Å². The summed E-state index contributed by atoms with van der Waals surface area (Å²) in [6.45, 7) is 1.12. The minimum Gasteiger partial charge on any atom is -0.493 e. The summed E-state index contributed by atoms with van der Waals surface area (Å²) in [5.74, 6) is 3.22. The number of rotatable bonds is 8. The van der Waals surface area contributed by atoms with E-state index in [-0.39, 0.29) is 24.0 Å². The predicted octanol–water partition coefficient (Wildman–Crippen LogP) is 2.78. The highest BCUT2D eigenvalue weighted by Crippen LogP contribution is 2.38. The first-order valence-corrected chi connectivity index (χ1v) is 9.36. The largest absolute Gasteiger partial charge is 0.493 e. The lowest BCUT2D eigenvalue weighted by atomic mass is 10.2. The number of benzene rings is 1. The van der Waals surface area contributed by atoms with Gasteiger partial charge in [0.15, 0.2) is 23.3 Å². The number of nitrogens with zero attached hydrogens (tertiary/aromatic N) is 4. The van der Waals surface area contributed by atoms with Crippen LogP contribution in [0.25, 0.3) is 5.82 Å². The average Bonchev–Trinajstić information content (AvgIpc) is 3.33.